The summed E-state index contributed by atoms with van der Waals surface area (Å²) in [7, 11) is 0. The van der Waals surface area contributed by atoms with Gasteiger partial charge in [-0.05, 0) is 37.8 Å². The van der Waals surface area contributed by atoms with Gasteiger partial charge in [0.25, 0.3) is 5.69 Å². The molecule has 1 fully saturated rings. The van der Waals surface area contributed by atoms with E-state index in [9.17, 15) is 14.9 Å². The Balaban J connectivity index is 2.11. The Bertz CT molecular complexity index is 495. The molecule has 0 saturated heterocycles. The maximum Gasteiger partial charge on any atom is 0.280 e. The number of Topliss-reactive ketones (excluding diaryl/α,β-unsaturated/α-hetero) is 1. The number of hydrogen-bond donors (Lipinski definition) is 0. The Morgan fingerprint density at radius 1 is 1.42 bits per heavy atom. The van der Waals surface area contributed by atoms with E-state index in [1.54, 1.807) is 23.9 Å². The number of hydrogen-bond acceptors (Lipinski definition) is 4. The molecule has 0 aliphatic heterocycles. The van der Waals surface area contributed by atoms with Gasteiger partial charge in [-0.15, -0.1) is 11.8 Å². The van der Waals surface area contributed by atoms with Crippen molar-refractivity contribution in [3.63, 3.8) is 0 Å². The van der Waals surface area contributed by atoms with Crippen LogP contribution >= 0.6 is 11.8 Å². The van der Waals surface area contributed by atoms with Gasteiger partial charge < -0.3 is 0 Å². The van der Waals surface area contributed by atoms with Gasteiger partial charge in [0, 0.05) is 16.7 Å². The summed E-state index contributed by atoms with van der Waals surface area (Å²) in [5.41, 5.74) is 0.110. The molecule has 0 unspecified atom stereocenters. The average molecular weight is 279 g/mol. The third-order valence-electron chi connectivity index (χ3n) is 3.50. The van der Waals surface area contributed by atoms with Gasteiger partial charge in [0.05, 0.1) is 10.5 Å². The van der Waals surface area contributed by atoms with E-state index in [2.05, 4.69) is 0 Å². The number of nitrogens with zero attached hydrogens (tertiary/aromatic N) is 1. The van der Waals surface area contributed by atoms with Crippen LogP contribution in [-0.2, 0) is 0 Å². The van der Waals surface area contributed by atoms with Crippen molar-refractivity contribution in [2.75, 3.05) is 5.75 Å². The molecule has 5 heteroatoms. The molecule has 0 amide bonds. The third-order valence-corrected chi connectivity index (χ3v) is 4.73. The number of rotatable bonds is 5. The van der Waals surface area contributed by atoms with Crippen molar-refractivity contribution in [3.05, 3.63) is 33.9 Å². The lowest BCUT2D eigenvalue weighted by Gasteiger charge is -2.09. The van der Waals surface area contributed by atoms with Gasteiger partial charge >= 0.3 is 0 Å². The number of benzene rings is 1. The molecule has 0 N–H and O–H groups in total. The van der Waals surface area contributed by atoms with Crippen molar-refractivity contribution >= 4 is 23.2 Å². The van der Waals surface area contributed by atoms with Crippen molar-refractivity contribution in [1.82, 2.24) is 0 Å². The highest BCUT2D eigenvalue weighted by Gasteiger charge is 2.19. The van der Waals surface area contributed by atoms with E-state index < -0.39 is 4.92 Å². The van der Waals surface area contributed by atoms with Crippen LogP contribution in [0.2, 0.25) is 0 Å². The number of carbonyl (C=O) groups is 1. The Morgan fingerprint density at radius 3 is 2.68 bits per heavy atom. The Kier molecular flexibility index (Phi) is 4.58. The second-order valence-corrected chi connectivity index (χ2v) is 6.05. The molecule has 1 aromatic carbocycles. The summed E-state index contributed by atoms with van der Waals surface area (Å²) in [5.74, 6) is 1.53. The topological polar surface area (TPSA) is 60.2 Å². The van der Waals surface area contributed by atoms with Crippen LogP contribution in [0.5, 0.6) is 0 Å². The summed E-state index contributed by atoms with van der Waals surface area (Å²) in [6, 6.07) is 4.83. The number of nitro benzene ring substituents is 1. The van der Waals surface area contributed by atoms with Gasteiger partial charge in [-0.2, -0.15) is 0 Å². The van der Waals surface area contributed by atoms with Gasteiger partial charge in [0.2, 0.25) is 0 Å². The van der Waals surface area contributed by atoms with Crippen LogP contribution < -0.4 is 0 Å². The number of carbonyl (C=O) groups excluding carboxylic acids is 1. The molecule has 0 spiro atoms. The van der Waals surface area contributed by atoms with Crippen LogP contribution in [0, 0.1) is 16.0 Å². The fourth-order valence-corrected chi connectivity index (χ4v) is 3.56. The lowest BCUT2D eigenvalue weighted by atomic mass is 10.1. The van der Waals surface area contributed by atoms with Crippen molar-refractivity contribution < 1.29 is 9.72 Å². The normalized spacial score (nSPS) is 15.6. The zero-order valence-electron chi connectivity index (χ0n) is 10.9. The maximum atomic E-state index is 11.5. The quantitative estimate of drug-likeness (QED) is 0.352. The number of nitro groups is 1. The summed E-state index contributed by atoms with van der Waals surface area (Å²) in [4.78, 5) is 22.8. The van der Waals surface area contributed by atoms with E-state index in [1.165, 1.54) is 38.7 Å². The summed E-state index contributed by atoms with van der Waals surface area (Å²) in [6.07, 6.45) is 5.17. The second kappa shape index (κ2) is 6.19. The molecule has 19 heavy (non-hydrogen) atoms. The highest BCUT2D eigenvalue weighted by Crippen LogP contribution is 2.32. The fourth-order valence-electron chi connectivity index (χ4n) is 2.44. The predicted octanol–water partition coefficient (Wildman–Crippen LogP) is 4.08. The SMILES string of the molecule is CC(=O)c1cc(SCC2CCCC2)ccc1[N+](=O)[O-]. The maximum absolute atomic E-state index is 11.5. The second-order valence-electron chi connectivity index (χ2n) is 4.95. The van der Waals surface area contributed by atoms with Crippen LogP contribution in [0.1, 0.15) is 43.0 Å². The molecule has 0 aromatic heterocycles. The molecule has 0 bridgehead atoms. The minimum absolute atomic E-state index is 0.0993. The van der Waals surface area contributed by atoms with Gasteiger partial charge in [-0.3, -0.25) is 14.9 Å². The standard InChI is InChI=1S/C14H17NO3S/c1-10(16)13-8-12(6-7-14(13)15(17)18)19-9-11-4-2-3-5-11/h6-8,11H,2-5,9H2,1H3. The largest absolute Gasteiger partial charge is 0.294 e. The molecule has 0 radical (unpaired) electrons. The molecule has 0 atom stereocenters. The highest BCUT2D eigenvalue weighted by molar-refractivity contribution is 7.99. The first kappa shape index (κ1) is 14.1. The first-order valence-electron chi connectivity index (χ1n) is 6.50. The van der Waals surface area contributed by atoms with Gasteiger partial charge in [0.15, 0.2) is 5.78 Å². The molecule has 2 rings (SSSR count). The van der Waals surface area contributed by atoms with Crippen LogP contribution in [0.15, 0.2) is 23.1 Å². The average Bonchev–Trinajstić information content (AvgIpc) is 2.88. The Labute approximate surface area is 116 Å². The van der Waals surface area contributed by atoms with E-state index in [4.69, 9.17) is 0 Å². The van der Waals surface area contributed by atoms with E-state index in [-0.39, 0.29) is 17.0 Å². The third kappa shape index (κ3) is 3.56. The number of thioether (sulfide) groups is 1. The monoisotopic (exact) mass is 279 g/mol. The summed E-state index contributed by atoms with van der Waals surface area (Å²) in [5, 5.41) is 10.9. The smallest absolute Gasteiger partial charge is 0.280 e. The summed E-state index contributed by atoms with van der Waals surface area (Å²) in [6.45, 7) is 1.37. The zero-order chi connectivity index (χ0) is 13.8. The minimum Gasteiger partial charge on any atom is -0.294 e. The first-order chi connectivity index (χ1) is 9.08. The van der Waals surface area contributed by atoms with Crippen LogP contribution in [0.3, 0.4) is 0 Å². The Morgan fingerprint density at radius 2 is 2.11 bits per heavy atom. The molecule has 0 heterocycles. The molecule has 1 saturated carbocycles. The van der Waals surface area contributed by atoms with Crippen molar-refractivity contribution in [1.29, 1.82) is 0 Å². The van der Waals surface area contributed by atoms with Gasteiger partial charge in [-0.25, -0.2) is 0 Å². The molecule has 1 aliphatic rings. The molecule has 1 aromatic rings. The van der Waals surface area contributed by atoms with E-state index in [0.717, 1.165) is 16.6 Å². The van der Waals surface area contributed by atoms with E-state index in [0.29, 0.717) is 0 Å². The van der Waals surface area contributed by atoms with Crippen molar-refractivity contribution in [2.45, 2.75) is 37.5 Å². The first-order valence-corrected chi connectivity index (χ1v) is 7.48. The van der Waals surface area contributed by atoms with Crippen LogP contribution in [0.4, 0.5) is 5.69 Å². The van der Waals surface area contributed by atoms with Gasteiger partial charge in [0.1, 0.15) is 0 Å². The van der Waals surface area contributed by atoms with Gasteiger partial charge in [-0.1, -0.05) is 12.8 Å². The highest BCUT2D eigenvalue weighted by atomic mass is 32.2. The predicted molar refractivity (Wildman–Crippen MR) is 75.8 cm³/mol. The van der Waals surface area contributed by atoms with E-state index >= 15 is 0 Å². The lowest BCUT2D eigenvalue weighted by Crippen LogP contribution is -2.01. The molecule has 102 valence electrons. The fraction of sp³-hybridized carbons (Fsp3) is 0.500. The summed E-state index contributed by atoms with van der Waals surface area (Å²) >= 11 is 1.69. The molecular formula is C14H17NO3S. The van der Waals surface area contributed by atoms with Crippen LogP contribution in [-0.4, -0.2) is 16.5 Å². The minimum atomic E-state index is -0.498. The van der Waals surface area contributed by atoms with Crippen molar-refractivity contribution in [2.24, 2.45) is 5.92 Å². The lowest BCUT2D eigenvalue weighted by molar-refractivity contribution is -0.385. The van der Waals surface area contributed by atoms with E-state index in [1.807, 2.05) is 0 Å². The molecule has 1 aliphatic carbocycles. The zero-order valence-corrected chi connectivity index (χ0v) is 11.7. The molecule has 4 nitrogen and oxygen atoms in total. The Hall–Kier alpha value is -1.36. The molecular weight excluding hydrogens is 262 g/mol. The van der Waals surface area contributed by atoms with Crippen LogP contribution in [0.25, 0.3) is 0 Å². The van der Waals surface area contributed by atoms with Crippen molar-refractivity contribution in [3.8, 4) is 0 Å². The summed E-state index contributed by atoms with van der Waals surface area (Å²) < 4.78 is 0. The number of ketones is 1.